The van der Waals surface area contributed by atoms with E-state index in [1.54, 1.807) is 11.8 Å². The minimum absolute atomic E-state index is 0.567. The van der Waals surface area contributed by atoms with E-state index in [0.717, 1.165) is 6.42 Å². The number of halogens is 1. The summed E-state index contributed by atoms with van der Waals surface area (Å²) in [6.45, 7) is 2.17. The van der Waals surface area contributed by atoms with Gasteiger partial charge in [-0.25, -0.2) is 0 Å². The van der Waals surface area contributed by atoms with Gasteiger partial charge in [0.05, 0.1) is 0 Å². The van der Waals surface area contributed by atoms with E-state index in [-0.39, 0.29) is 0 Å². The molecule has 0 amide bonds. The summed E-state index contributed by atoms with van der Waals surface area (Å²) in [7, 11) is 0. The molecule has 66 valence electrons. The van der Waals surface area contributed by atoms with E-state index in [4.69, 9.17) is 0 Å². The van der Waals surface area contributed by atoms with Gasteiger partial charge in [-0.05, 0) is 30.4 Å². The van der Waals surface area contributed by atoms with Gasteiger partial charge in [-0.2, -0.15) is 0 Å². The van der Waals surface area contributed by atoms with E-state index in [1.165, 1.54) is 10.5 Å². The van der Waals surface area contributed by atoms with E-state index in [9.17, 15) is 0 Å². The van der Waals surface area contributed by atoms with Crippen molar-refractivity contribution in [2.24, 2.45) is 0 Å². The van der Waals surface area contributed by atoms with Crippen LogP contribution in [-0.4, -0.2) is 11.1 Å². The van der Waals surface area contributed by atoms with E-state index < -0.39 is 0 Å². The number of benzene rings is 1. The van der Waals surface area contributed by atoms with Crippen LogP contribution in [0.5, 0.6) is 0 Å². The lowest BCUT2D eigenvalue weighted by Gasteiger charge is -2.03. The molecule has 1 unspecified atom stereocenters. The Kier molecular flexibility index (Phi) is 4.16. The first-order chi connectivity index (χ1) is 5.72. The first kappa shape index (κ1) is 10.1. The third kappa shape index (κ3) is 3.20. The molecule has 12 heavy (non-hydrogen) atoms. The second-order valence-corrected chi connectivity index (χ2v) is 5.28. The summed E-state index contributed by atoms with van der Waals surface area (Å²) in [6, 6.07) is 8.75. The maximum Gasteiger partial charge on any atom is 0.0157 e. The maximum atomic E-state index is 3.54. The standard InChI is InChI=1S/C10H13BrS/c1-8(11)7-9-3-5-10(12-2)6-4-9/h3-6,8H,7H2,1-2H3. The van der Waals surface area contributed by atoms with Crippen molar-refractivity contribution in [3.8, 4) is 0 Å². The zero-order valence-corrected chi connectivity index (χ0v) is 9.78. The van der Waals surface area contributed by atoms with Crippen LogP contribution in [0.25, 0.3) is 0 Å². The van der Waals surface area contributed by atoms with Gasteiger partial charge in [-0.3, -0.25) is 0 Å². The smallest absolute Gasteiger partial charge is 0.0157 e. The van der Waals surface area contributed by atoms with Gasteiger partial charge in [0.15, 0.2) is 0 Å². The molecular weight excluding hydrogens is 232 g/mol. The van der Waals surface area contributed by atoms with E-state index >= 15 is 0 Å². The van der Waals surface area contributed by atoms with Crippen molar-refractivity contribution >= 4 is 27.7 Å². The molecule has 0 aliphatic carbocycles. The quantitative estimate of drug-likeness (QED) is 0.577. The molecule has 0 aliphatic heterocycles. The zero-order valence-electron chi connectivity index (χ0n) is 7.38. The van der Waals surface area contributed by atoms with Crippen molar-refractivity contribution in [3.05, 3.63) is 29.8 Å². The van der Waals surface area contributed by atoms with Gasteiger partial charge in [-0.1, -0.05) is 35.0 Å². The van der Waals surface area contributed by atoms with Crippen LogP contribution in [0, 0.1) is 0 Å². The summed E-state index contributed by atoms with van der Waals surface area (Å²) >= 11 is 5.33. The lowest BCUT2D eigenvalue weighted by molar-refractivity contribution is 0.957. The highest BCUT2D eigenvalue weighted by Gasteiger charge is 1.98. The number of alkyl halides is 1. The Labute approximate surface area is 86.9 Å². The summed E-state index contributed by atoms with van der Waals surface area (Å²) in [4.78, 5) is 1.90. The normalized spacial score (nSPS) is 12.9. The Morgan fingerprint density at radius 1 is 1.33 bits per heavy atom. The molecule has 0 nitrogen and oxygen atoms in total. The highest BCUT2D eigenvalue weighted by molar-refractivity contribution is 9.09. The number of thioether (sulfide) groups is 1. The topological polar surface area (TPSA) is 0 Å². The molecule has 0 fully saturated rings. The minimum Gasteiger partial charge on any atom is -0.130 e. The fraction of sp³-hybridized carbons (Fsp3) is 0.400. The van der Waals surface area contributed by atoms with Gasteiger partial charge in [0, 0.05) is 9.72 Å². The fourth-order valence-corrected chi connectivity index (χ4v) is 1.87. The van der Waals surface area contributed by atoms with Crippen LogP contribution in [0.15, 0.2) is 29.2 Å². The van der Waals surface area contributed by atoms with Crippen molar-refractivity contribution in [3.63, 3.8) is 0 Å². The molecule has 1 aromatic carbocycles. The van der Waals surface area contributed by atoms with Crippen molar-refractivity contribution in [2.75, 3.05) is 6.26 Å². The largest absolute Gasteiger partial charge is 0.130 e. The number of hydrogen-bond donors (Lipinski definition) is 0. The molecule has 0 radical (unpaired) electrons. The predicted molar refractivity (Wildman–Crippen MR) is 60.3 cm³/mol. The maximum absolute atomic E-state index is 3.54. The highest BCUT2D eigenvalue weighted by Crippen LogP contribution is 2.16. The number of hydrogen-bond acceptors (Lipinski definition) is 1. The Morgan fingerprint density at radius 3 is 2.33 bits per heavy atom. The summed E-state index contributed by atoms with van der Waals surface area (Å²) < 4.78 is 0. The van der Waals surface area contributed by atoms with E-state index in [2.05, 4.69) is 53.4 Å². The van der Waals surface area contributed by atoms with Crippen molar-refractivity contribution in [1.29, 1.82) is 0 Å². The van der Waals surface area contributed by atoms with Crippen LogP contribution in [0.1, 0.15) is 12.5 Å². The SMILES string of the molecule is CSc1ccc(CC(C)Br)cc1. The Morgan fingerprint density at radius 2 is 1.92 bits per heavy atom. The first-order valence-electron chi connectivity index (χ1n) is 3.99. The van der Waals surface area contributed by atoms with Crippen molar-refractivity contribution < 1.29 is 0 Å². The van der Waals surface area contributed by atoms with Crippen molar-refractivity contribution in [1.82, 2.24) is 0 Å². The average Bonchev–Trinajstić information content (AvgIpc) is 2.05. The average molecular weight is 245 g/mol. The second kappa shape index (κ2) is 4.93. The molecular formula is C10H13BrS. The van der Waals surface area contributed by atoms with Crippen LogP contribution in [0.3, 0.4) is 0 Å². The Hall–Kier alpha value is 0.0500. The molecule has 0 N–H and O–H groups in total. The van der Waals surface area contributed by atoms with Gasteiger partial charge in [0.1, 0.15) is 0 Å². The van der Waals surface area contributed by atoms with Crippen LogP contribution >= 0.6 is 27.7 Å². The molecule has 0 spiro atoms. The fourth-order valence-electron chi connectivity index (χ4n) is 1.09. The molecule has 0 aromatic heterocycles. The lowest BCUT2D eigenvalue weighted by atomic mass is 10.1. The Bertz CT molecular complexity index is 228. The third-order valence-electron chi connectivity index (χ3n) is 1.68. The first-order valence-corrected chi connectivity index (χ1v) is 6.13. The molecule has 0 bridgehead atoms. The van der Waals surface area contributed by atoms with Gasteiger partial charge in [0.2, 0.25) is 0 Å². The van der Waals surface area contributed by atoms with Crippen LogP contribution in [0.2, 0.25) is 0 Å². The monoisotopic (exact) mass is 244 g/mol. The second-order valence-electron chi connectivity index (χ2n) is 2.83. The molecule has 0 saturated carbocycles. The Balaban J connectivity index is 2.65. The minimum atomic E-state index is 0.567. The van der Waals surface area contributed by atoms with Crippen molar-refractivity contribution in [2.45, 2.75) is 23.1 Å². The predicted octanol–water partition coefficient (Wildman–Crippen LogP) is 3.73. The summed E-state index contributed by atoms with van der Waals surface area (Å²) in [5.74, 6) is 0. The third-order valence-corrected chi connectivity index (χ3v) is 2.74. The zero-order chi connectivity index (χ0) is 8.97. The van der Waals surface area contributed by atoms with E-state index in [1.807, 2.05) is 0 Å². The highest BCUT2D eigenvalue weighted by atomic mass is 79.9. The molecule has 0 saturated heterocycles. The molecule has 1 rings (SSSR count). The van der Waals surface area contributed by atoms with Gasteiger partial charge >= 0.3 is 0 Å². The van der Waals surface area contributed by atoms with E-state index in [0.29, 0.717) is 4.83 Å². The van der Waals surface area contributed by atoms with Gasteiger partial charge < -0.3 is 0 Å². The van der Waals surface area contributed by atoms with Crippen LogP contribution in [0.4, 0.5) is 0 Å². The molecule has 0 heterocycles. The molecule has 1 aromatic rings. The van der Waals surface area contributed by atoms with Gasteiger partial charge in [-0.15, -0.1) is 11.8 Å². The number of rotatable bonds is 3. The van der Waals surface area contributed by atoms with Crippen LogP contribution in [-0.2, 0) is 6.42 Å². The van der Waals surface area contributed by atoms with Crippen LogP contribution < -0.4 is 0 Å². The van der Waals surface area contributed by atoms with Gasteiger partial charge in [0.25, 0.3) is 0 Å². The summed E-state index contributed by atoms with van der Waals surface area (Å²) in [6.07, 6.45) is 3.21. The lowest BCUT2D eigenvalue weighted by Crippen LogP contribution is -1.95. The molecule has 1 atom stereocenters. The summed E-state index contributed by atoms with van der Waals surface area (Å²) in [5.41, 5.74) is 1.40. The molecule has 0 aliphatic rings. The summed E-state index contributed by atoms with van der Waals surface area (Å²) in [5, 5.41) is 0. The molecule has 2 heteroatoms.